The van der Waals surface area contributed by atoms with Crippen LogP contribution in [0.25, 0.3) is 0 Å². The van der Waals surface area contributed by atoms with Gasteiger partial charge >= 0.3 is 0 Å². The fraction of sp³-hybridized carbons (Fsp3) is 1.00. The Balaban J connectivity index is 3.50. The van der Waals surface area contributed by atoms with E-state index in [4.69, 9.17) is 5.11 Å². The molecule has 0 rings (SSSR count). The standard InChI is InChI=1S/C11H23IO3/c1-2-3-4-5-6-7-9(12)11(15)10(14)8-13/h9-11,13-15H,2-8H2,1H3/t9?,10?,11-/m1/s1. The molecule has 0 aliphatic rings. The van der Waals surface area contributed by atoms with Crippen LogP contribution >= 0.6 is 22.6 Å². The molecular formula is C11H23IO3. The Bertz CT molecular complexity index is 144. The van der Waals surface area contributed by atoms with Crippen molar-refractivity contribution in [2.45, 2.75) is 61.6 Å². The molecule has 0 aromatic heterocycles. The minimum atomic E-state index is -0.998. The molecular weight excluding hydrogens is 307 g/mol. The summed E-state index contributed by atoms with van der Waals surface area (Å²) in [7, 11) is 0. The largest absolute Gasteiger partial charge is 0.394 e. The van der Waals surface area contributed by atoms with Crippen LogP contribution in [0, 0.1) is 0 Å². The summed E-state index contributed by atoms with van der Waals surface area (Å²) >= 11 is 2.15. The SMILES string of the molecule is CCCCCCCC(I)[C@@H](O)C(O)CO. The fourth-order valence-corrected chi connectivity index (χ4v) is 2.38. The van der Waals surface area contributed by atoms with Crippen molar-refractivity contribution >= 4 is 22.6 Å². The van der Waals surface area contributed by atoms with Crippen molar-refractivity contribution in [3.63, 3.8) is 0 Å². The van der Waals surface area contributed by atoms with Crippen molar-refractivity contribution < 1.29 is 15.3 Å². The van der Waals surface area contributed by atoms with E-state index in [1.807, 2.05) is 0 Å². The average molecular weight is 330 g/mol. The van der Waals surface area contributed by atoms with Gasteiger partial charge in [-0.2, -0.15) is 0 Å². The van der Waals surface area contributed by atoms with Crippen molar-refractivity contribution in [1.29, 1.82) is 0 Å². The molecule has 0 bridgehead atoms. The van der Waals surface area contributed by atoms with Gasteiger partial charge in [0.25, 0.3) is 0 Å². The maximum absolute atomic E-state index is 9.57. The molecule has 0 saturated heterocycles. The van der Waals surface area contributed by atoms with Crippen LogP contribution in [0.2, 0.25) is 0 Å². The van der Waals surface area contributed by atoms with Gasteiger partial charge in [0.15, 0.2) is 0 Å². The molecule has 3 atom stereocenters. The van der Waals surface area contributed by atoms with Gasteiger partial charge in [0.05, 0.1) is 12.7 Å². The van der Waals surface area contributed by atoms with E-state index in [9.17, 15) is 10.2 Å². The number of rotatable bonds is 9. The lowest BCUT2D eigenvalue weighted by Crippen LogP contribution is -2.36. The van der Waals surface area contributed by atoms with Crippen molar-refractivity contribution in [3.8, 4) is 0 Å². The summed E-state index contributed by atoms with van der Waals surface area (Å²) in [5.41, 5.74) is 0. The highest BCUT2D eigenvalue weighted by atomic mass is 127. The van der Waals surface area contributed by atoms with E-state index in [-0.39, 0.29) is 10.5 Å². The van der Waals surface area contributed by atoms with Gasteiger partial charge in [-0.3, -0.25) is 0 Å². The Morgan fingerprint density at radius 3 is 2.20 bits per heavy atom. The lowest BCUT2D eigenvalue weighted by Gasteiger charge is -2.21. The van der Waals surface area contributed by atoms with Crippen LogP contribution in [0.4, 0.5) is 0 Å². The Morgan fingerprint density at radius 1 is 1.07 bits per heavy atom. The van der Waals surface area contributed by atoms with Gasteiger partial charge in [-0.25, -0.2) is 0 Å². The topological polar surface area (TPSA) is 60.7 Å². The highest BCUT2D eigenvalue weighted by Gasteiger charge is 2.22. The Kier molecular flexibility index (Phi) is 10.2. The number of unbranched alkanes of at least 4 members (excludes halogenated alkanes) is 4. The molecule has 0 radical (unpaired) electrons. The third-order valence-corrected chi connectivity index (χ3v) is 3.89. The number of aliphatic hydroxyl groups excluding tert-OH is 3. The van der Waals surface area contributed by atoms with Gasteiger partial charge in [-0.15, -0.1) is 0 Å². The van der Waals surface area contributed by atoms with Gasteiger partial charge in [0.2, 0.25) is 0 Å². The monoisotopic (exact) mass is 330 g/mol. The lowest BCUT2D eigenvalue weighted by molar-refractivity contribution is -0.0132. The molecule has 3 N–H and O–H groups in total. The summed E-state index contributed by atoms with van der Waals surface area (Å²) in [5.74, 6) is 0. The van der Waals surface area contributed by atoms with E-state index in [0.29, 0.717) is 0 Å². The van der Waals surface area contributed by atoms with Gasteiger partial charge in [0, 0.05) is 3.92 Å². The molecule has 0 aliphatic carbocycles. The second-order valence-electron chi connectivity index (χ2n) is 3.96. The van der Waals surface area contributed by atoms with Crippen molar-refractivity contribution in [2.24, 2.45) is 0 Å². The first-order chi connectivity index (χ1) is 7.13. The Labute approximate surface area is 106 Å². The van der Waals surface area contributed by atoms with E-state index in [2.05, 4.69) is 29.5 Å². The smallest absolute Gasteiger partial charge is 0.104 e. The van der Waals surface area contributed by atoms with E-state index >= 15 is 0 Å². The summed E-state index contributed by atoms with van der Waals surface area (Å²) in [6.45, 7) is 1.82. The quantitative estimate of drug-likeness (QED) is 0.344. The number of alkyl halides is 1. The van der Waals surface area contributed by atoms with E-state index in [1.165, 1.54) is 25.7 Å². The maximum Gasteiger partial charge on any atom is 0.104 e. The average Bonchev–Trinajstić information content (AvgIpc) is 2.26. The van der Waals surface area contributed by atoms with Crippen LogP contribution in [0.1, 0.15) is 45.4 Å². The molecule has 0 fully saturated rings. The zero-order valence-electron chi connectivity index (χ0n) is 9.40. The molecule has 0 aliphatic heterocycles. The predicted octanol–water partition coefficient (Wildman–Crippen LogP) is 1.86. The minimum Gasteiger partial charge on any atom is -0.394 e. The number of aliphatic hydroxyl groups is 3. The Hall–Kier alpha value is 0.610. The molecule has 0 saturated carbocycles. The van der Waals surface area contributed by atoms with Crippen LogP contribution in [0.15, 0.2) is 0 Å². The van der Waals surface area contributed by atoms with Gasteiger partial charge in [0.1, 0.15) is 6.10 Å². The number of hydrogen-bond acceptors (Lipinski definition) is 3. The normalized spacial score (nSPS) is 17.4. The Morgan fingerprint density at radius 2 is 1.67 bits per heavy atom. The predicted molar refractivity (Wildman–Crippen MR) is 70.3 cm³/mol. The van der Waals surface area contributed by atoms with E-state index in [0.717, 1.165) is 12.8 Å². The molecule has 2 unspecified atom stereocenters. The third kappa shape index (κ3) is 7.49. The first-order valence-corrected chi connectivity index (χ1v) is 6.99. The minimum absolute atomic E-state index is 0.0337. The highest BCUT2D eigenvalue weighted by molar-refractivity contribution is 14.1. The molecule has 0 heterocycles. The molecule has 0 aromatic rings. The van der Waals surface area contributed by atoms with E-state index < -0.39 is 12.2 Å². The van der Waals surface area contributed by atoms with Crippen molar-refractivity contribution in [2.75, 3.05) is 6.61 Å². The summed E-state index contributed by atoms with van der Waals surface area (Å²) < 4.78 is 0.0337. The van der Waals surface area contributed by atoms with E-state index in [1.54, 1.807) is 0 Å². The van der Waals surface area contributed by atoms with Crippen molar-refractivity contribution in [1.82, 2.24) is 0 Å². The molecule has 92 valence electrons. The molecule has 4 heteroatoms. The first-order valence-electron chi connectivity index (χ1n) is 5.74. The summed E-state index contributed by atoms with van der Waals surface area (Å²) in [4.78, 5) is 0. The van der Waals surface area contributed by atoms with Crippen LogP contribution < -0.4 is 0 Å². The third-order valence-electron chi connectivity index (χ3n) is 2.54. The molecule has 0 aromatic carbocycles. The first kappa shape index (κ1) is 15.6. The molecule has 15 heavy (non-hydrogen) atoms. The molecule has 0 spiro atoms. The maximum atomic E-state index is 9.57. The highest BCUT2D eigenvalue weighted by Crippen LogP contribution is 2.18. The molecule has 0 amide bonds. The second-order valence-corrected chi connectivity index (χ2v) is 5.56. The van der Waals surface area contributed by atoms with Gasteiger partial charge in [-0.05, 0) is 6.42 Å². The van der Waals surface area contributed by atoms with Crippen LogP contribution in [0.5, 0.6) is 0 Å². The van der Waals surface area contributed by atoms with Gasteiger partial charge in [-0.1, -0.05) is 61.6 Å². The zero-order valence-corrected chi connectivity index (χ0v) is 11.6. The van der Waals surface area contributed by atoms with Crippen LogP contribution in [-0.4, -0.2) is 38.1 Å². The fourth-order valence-electron chi connectivity index (χ4n) is 1.46. The number of halogens is 1. The second kappa shape index (κ2) is 9.81. The van der Waals surface area contributed by atoms with Crippen LogP contribution in [-0.2, 0) is 0 Å². The molecule has 3 nitrogen and oxygen atoms in total. The lowest BCUT2D eigenvalue weighted by atomic mass is 10.0. The zero-order chi connectivity index (χ0) is 11.7. The summed E-state index contributed by atoms with van der Waals surface area (Å²) in [5, 5.41) is 27.5. The van der Waals surface area contributed by atoms with Gasteiger partial charge < -0.3 is 15.3 Å². The van der Waals surface area contributed by atoms with Crippen molar-refractivity contribution in [3.05, 3.63) is 0 Å². The van der Waals surface area contributed by atoms with Crippen LogP contribution in [0.3, 0.4) is 0 Å². The number of hydrogen-bond donors (Lipinski definition) is 3. The summed E-state index contributed by atoms with van der Waals surface area (Å²) in [6.07, 6.45) is 5.14. The summed E-state index contributed by atoms with van der Waals surface area (Å²) in [6, 6.07) is 0.